The number of thiazole rings is 1. The molecule has 14 heteroatoms. The Morgan fingerprint density at radius 2 is 1.74 bits per heavy atom. The summed E-state index contributed by atoms with van der Waals surface area (Å²) in [5, 5.41) is 5.49. The number of alkyl halides is 3. The molecule has 0 radical (unpaired) electrons. The number of urea groups is 1. The summed E-state index contributed by atoms with van der Waals surface area (Å²) in [6.07, 6.45) is -1.34. The molecule has 8 nitrogen and oxygen atoms in total. The zero-order chi connectivity index (χ0) is 30.6. The van der Waals surface area contributed by atoms with E-state index in [0.717, 1.165) is 16.2 Å². The van der Waals surface area contributed by atoms with Crippen LogP contribution in [0.5, 0.6) is 0 Å². The van der Waals surface area contributed by atoms with Crippen molar-refractivity contribution < 1.29 is 27.2 Å². The molecule has 3 heterocycles. The Bertz CT molecular complexity index is 1540. The van der Waals surface area contributed by atoms with Crippen molar-refractivity contribution in [1.29, 1.82) is 0 Å². The molecule has 2 aromatic carbocycles. The van der Waals surface area contributed by atoms with E-state index < -0.39 is 40.0 Å². The largest absolute Gasteiger partial charge is 0.435 e. The van der Waals surface area contributed by atoms with Gasteiger partial charge in [0.15, 0.2) is 5.69 Å². The van der Waals surface area contributed by atoms with Crippen molar-refractivity contribution in [3.8, 4) is 0 Å². The summed E-state index contributed by atoms with van der Waals surface area (Å²) in [4.78, 5) is 38.0. The van der Waals surface area contributed by atoms with Gasteiger partial charge in [0.2, 0.25) is 0 Å². The number of dihydropyridines is 1. The van der Waals surface area contributed by atoms with Gasteiger partial charge in [-0.2, -0.15) is 13.2 Å². The minimum atomic E-state index is -4.78. The van der Waals surface area contributed by atoms with Crippen LogP contribution < -0.4 is 10.6 Å². The van der Waals surface area contributed by atoms with Crippen LogP contribution in [0.15, 0.2) is 76.6 Å². The predicted octanol–water partition coefficient (Wildman–Crippen LogP) is 5.90. The third-order valence-electron chi connectivity index (χ3n) is 6.83. The highest BCUT2D eigenvalue weighted by Crippen LogP contribution is 2.36. The lowest BCUT2D eigenvalue weighted by atomic mass is 9.99. The molecule has 5 rings (SSSR count). The van der Waals surface area contributed by atoms with Crippen LogP contribution in [0.4, 0.5) is 28.0 Å². The number of aliphatic imine (C=N–C) groups is 1. The third-order valence-corrected chi connectivity index (χ3v) is 9.09. The maximum absolute atomic E-state index is 13.9. The van der Waals surface area contributed by atoms with Crippen LogP contribution in [0.25, 0.3) is 0 Å². The summed E-state index contributed by atoms with van der Waals surface area (Å²) >= 11 is 2.08. The van der Waals surface area contributed by atoms with E-state index in [-0.39, 0.29) is 23.0 Å². The van der Waals surface area contributed by atoms with Gasteiger partial charge in [0.05, 0.1) is 23.5 Å². The molecule has 2 N–H and O–H groups in total. The van der Waals surface area contributed by atoms with Crippen LogP contribution in [-0.2, 0) is 11.9 Å². The second-order valence-corrected chi connectivity index (χ2v) is 12.3. The molecule has 1 saturated heterocycles. The van der Waals surface area contributed by atoms with Crippen molar-refractivity contribution in [3.05, 3.63) is 88.1 Å². The predicted molar refractivity (Wildman–Crippen MR) is 159 cm³/mol. The van der Waals surface area contributed by atoms with Gasteiger partial charge < -0.3 is 20.4 Å². The lowest BCUT2D eigenvalue weighted by molar-refractivity contribution is -0.141. The van der Waals surface area contributed by atoms with E-state index in [2.05, 4.69) is 20.6 Å². The van der Waals surface area contributed by atoms with Gasteiger partial charge in [0.1, 0.15) is 21.5 Å². The van der Waals surface area contributed by atoms with Gasteiger partial charge in [-0.15, -0.1) is 23.1 Å². The molecule has 1 atom stereocenters. The van der Waals surface area contributed by atoms with Crippen LogP contribution in [0.2, 0.25) is 0 Å². The number of hydrogen-bond donors (Lipinski definition) is 2. The SMILES string of the molecule is CC1(NC(=O)c2sc(CSc3ccccc3)nc2C(F)(F)F)C=CC(N2CCN(C(=O)Nc3ccccc3F)CC2)=NC1. The standard InChI is InChI=1S/C29H28F4N6O2S2/c1-28(37-26(40)24-25(29(31,32)33)36-23(43-24)17-42-19-7-3-2-4-8-19)12-11-22(34-18-28)38-13-15-39(16-14-38)27(41)35-21-10-6-5-9-20(21)30/h2-12H,13-18H2,1H3,(H,35,41)(H,37,40). The Morgan fingerprint density at radius 3 is 2.40 bits per heavy atom. The Labute approximate surface area is 253 Å². The van der Waals surface area contributed by atoms with Gasteiger partial charge in [0.25, 0.3) is 5.91 Å². The minimum absolute atomic E-state index is 0.110. The number of para-hydroxylation sites is 1. The molecular weight excluding hydrogens is 604 g/mol. The van der Waals surface area contributed by atoms with Crippen LogP contribution in [0, 0.1) is 5.82 Å². The monoisotopic (exact) mass is 632 g/mol. The number of hydrogen-bond acceptors (Lipinski definition) is 7. The molecule has 0 bridgehead atoms. The molecule has 2 aliphatic heterocycles. The van der Waals surface area contributed by atoms with Crippen molar-refractivity contribution in [2.24, 2.45) is 4.99 Å². The third kappa shape index (κ3) is 7.54. The summed E-state index contributed by atoms with van der Waals surface area (Å²) in [6.45, 7) is 3.55. The molecule has 3 amide bonds. The van der Waals surface area contributed by atoms with Gasteiger partial charge in [-0.05, 0) is 37.3 Å². The first-order valence-corrected chi connectivity index (χ1v) is 15.2. The summed E-state index contributed by atoms with van der Waals surface area (Å²) in [5.41, 5.74) is -2.09. The molecule has 1 aromatic heterocycles. The summed E-state index contributed by atoms with van der Waals surface area (Å²) < 4.78 is 55.3. The molecule has 1 fully saturated rings. The Balaban J connectivity index is 1.17. The number of carbonyl (C=O) groups is 2. The molecular formula is C29H28F4N6O2S2. The first kappa shape index (κ1) is 30.5. The molecule has 3 aromatic rings. The van der Waals surface area contributed by atoms with Crippen molar-refractivity contribution in [3.63, 3.8) is 0 Å². The summed E-state index contributed by atoms with van der Waals surface area (Å²) in [7, 11) is 0. The van der Waals surface area contributed by atoms with Gasteiger partial charge in [0, 0.05) is 31.1 Å². The second kappa shape index (κ2) is 12.8. The van der Waals surface area contributed by atoms with Gasteiger partial charge in [-0.25, -0.2) is 14.2 Å². The number of nitrogens with one attached hydrogen (secondary N) is 2. The van der Waals surface area contributed by atoms with Gasteiger partial charge in [-0.3, -0.25) is 9.79 Å². The number of thioether (sulfide) groups is 1. The number of amides is 3. The Morgan fingerprint density at radius 1 is 1.05 bits per heavy atom. The summed E-state index contributed by atoms with van der Waals surface area (Å²) in [6, 6.07) is 14.8. The van der Waals surface area contributed by atoms with Crippen LogP contribution in [0.1, 0.15) is 27.3 Å². The van der Waals surface area contributed by atoms with E-state index in [0.29, 0.717) is 32.0 Å². The van der Waals surface area contributed by atoms with Crippen molar-refractivity contribution >= 4 is 46.6 Å². The molecule has 1 unspecified atom stereocenters. The lowest BCUT2D eigenvalue weighted by Crippen LogP contribution is -2.53. The number of nitrogens with zero attached hydrogens (tertiary/aromatic N) is 4. The average Bonchev–Trinajstić information content (AvgIpc) is 3.44. The molecule has 43 heavy (non-hydrogen) atoms. The fourth-order valence-electron chi connectivity index (χ4n) is 4.54. The van der Waals surface area contributed by atoms with Crippen molar-refractivity contribution in [2.45, 2.75) is 29.3 Å². The number of piperazine rings is 1. The summed E-state index contributed by atoms with van der Waals surface area (Å²) in [5.74, 6) is -0.525. The highest BCUT2D eigenvalue weighted by Gasteiger charge is 2.41. The zero-order valence-corrected chi connectivity index (χ0v) is 24.7. The second-order valence-electron chi connectivity index (χ2n) is 10.1. The smallest absolute Gasteiger partial charge is 0.353 e. The molecule has 2 aliphatic rings. The zero-order valence-electron chi connectivity index (χ0n) is 23.0. The Hall–Kier alpha value is -3.91. The molecule has 0 spiro atoms. The average molecular weight is 633 g/mol. The Kier molecular flexibility index (Phi) is 9.06. The van der Waals surface area contributed by atoms with Gasteiger partial charge in [-0.1, -0.05) is 36.4 Å². The maximum atomic E-state index is 13.9. The molecule has 226 valence electrons. The highest BCUT2D eigenvalue weighted by atomic mass is 32.2. The highest BCUT2D eigenvalue weighted by molar-refractivity contribution is 7.98. The van der Waals surface area contributed by atoms with E-state index in [4.69, 9.17) is 0 Å². The fraction of sp³-hybridized carbons (Fsp3) is 0.310. The van der Waals surface area contributed by atoms with Crippen LogP contribution in [0.3, 0.4) is 0 Å². The van der Waals surface area contributed by atoms with Crippen LogP contribution in [-0.4, -0.2) is 70.8 Å². The normalized spacial score (nSPS) is 18.8. The number of rotatable bonds is 6. The van der Waals surface area contributed by atoms with Crippen molar-refractivity contribution in [1.82, 2.24) is 20.1 Å². The van der Waals surface area contributed by atoms with E-state index in [1.54, 1.807) is 36.1 Å². The number of carbonyl (C=O) groups excluding carboxylic acids is 2. The van der Waals surface area contributed by atoms with Crippen LogP contribution >= 0.6 is 23.1 Å². The number of halogens is 4. The van der Waals surface area contributed by atoms with Gasteiger partial charge >= 0.3 is 12.2 Å². The first-order valence-electron chi connectivity index (χ1n) is 13.4. The van der Waals surface area contributed by atoms with Crippen molar-refractivity contribution in [2.75, 3.05) is 38.0 Å². The van der Waals surface area contributed by atoms with E-state index in [1.807, 2.05) is 35.2 Å². The fourth-order valence-corrected chi connectivity index (χ4v) is 6.43. The minimum Gasteiger partial charge on any atom is -0.353 e. The number of benzene rings is 2. The molecule has 0 saturated carbocycles. The lowest BCUT2D eigenvalue weighted by Gasteiger charge is -2.37. The maximum Gasteiger partial charge on any atom is 0.435 e. The number of amidine groups is 1. The molecule has 0 aliphatic carbocycles. The quantitative estimate of drug-likeness (QED) is 0.261. The van der Waals surface area contributed by atoms with E-state index in [9.17, 15) is 27.2 Å². The topological polar surface area (TPSA) is 89.9 Å². The number of aromatic nitrogens is 1. The number of anilines is 1. The van der Waals surface area contributed by atoms with E-state index in [1.165, 1.54) is 23.9 Å². The first-order chi connectivity index (χ1) is 20.5. The van der Waals surface area contributed by atoms with E-state index >= 15 is 0 Å².